The fourth-order valence-corrected chi connectivity index (χ4v) is 6.81. The van der Waals surface area contributed by atoms with Gasteiger partial charge in [0.15, 0.2) is 0 Å². The van der Waals surface area contributed by atoms with Crippen molar-refractivity contribution in [2.75, 3.05) is 0 Å². The number of hydrogen-bond acceptors (Lipinski definition) is 1. The Bertz CT molecular complexity index is 678. The first-order valence-corrected chi connectivity index (χ1v) is 8.01. The van der Waals surface area contributed by atoms with Gasteiger partial charge in [0, 0.05) is 5.41 Å². The van der Waals surface area contributed by atoms with Crippen molar-refractivity contribution in [1.82, 2.24) is 0 Å². The van der Waals surface area contributed by atoms with Crippen LogP contribution in [0.1, 0.15) is 37.7 Å². The van der Waals surface area contributed by atoms with Gasteiger partial charge in [-0.3, -0.25) is 4.79 Å². The molecule has 0 heterocycles. The molecule has 2 nitrogen and oxygen atoms in total. The van der Waals surface area contributed by atoms with Gasteiger partial charge in [0.2, 0.25) is 0 Å². The number of carboxylic acids is 1. The maximum Gasteiger partial charge on any atom is 0.309 e. The molecule has 0 saturated heterocycles. The van der Waals surface area contributed by atoms with Gasteiger partial charge in [-0.05, 0) is 54.9 Å². The van der Waals surface area contributed by atoms with E-state index in [1.165, 1.54) is 17.6 Å². The van der Waals surface area contributed by atoms with Crippen molar-refractivity contribution < 1.29 is 9.90 Å². The van der Waals surface area contributed by atoms with Gasteiger partial charge in [0.1, 0.15) is 0 Å². The van der Waals surface area contributed by atoms with E-state index in [-0.39, 0.29) is 10.8 Å². The average Bonchev–Trinajstić information content (AvgIpc) is 2.74. The Balaban J connectivity index is 1.74. The molecule has 4 aliphatic carbocycles. The van der Waals surface area contributed by atoms with Crippen molar-refractivity contribution in [3.05, 3.63) is 48.0 Å². The Hall–Kier alpha value is -1.57. The van der Waals surface area contributed by atoms with Crippen LogP contribution in [0, 0.1) is 22.7 Å². The number of carboxylic acid groups (broad SMARTS) is 1. The van der Waals surface area contributed by atoms with Crippen molar-refractivity contribution >= 4 is 5.97 Å². The monoisotopic (exact) mass is 280 g/mol. The molecule has 108 valence electrons. The van der Waals surface area contributed by atoms with E-state index in [2.05, 4.69) is 36.9 Å². The molecular weight excluding hydrogens is 260 g/mol. The summed E-state index contributed by atoms with van der Waals surface area (Å²) in [7, 11) is 0. The van der Waals surface area contributed by atoms with Gasteiger partial charge in [-0.1, -0.05) is 42.5 Å². The first-order valence-electron chi connectivity index (χ1n) is 8.01. The second-order valence-electron chi connectivity index (χ2n) is 7.98. The lowest BCUT2D eigenvalue weighted by Gasteiger charge is -2.59. The van der Waals surface area contributed by atoms with Crippen LogP contribution in [0.3, 0.4) is 0 Å². The molecule has 4 saturated carbocycles. The van der Waals surface area contributed by atoms with E-state index >= 15 is 0 Å². The van der Waals surface area contributed by atoms with Crippen LogP contribution in [0.5, 0.6) is 0 Å². The largest absolute Gasteiger partial charge is 0.481 e. The molecular formula is C19H20O2. The maximum absolute atomic E-state index is 12.1. The van der Waals surface area contributed by atoms with Gasteiger partial charge in [0.25, 0.3) is 0 Å². The van der Waals surface area contributed by atoms with Crippen LogP contribution in [0.25, 0.3) is 0 Å². The molecule has 0 aromatic heterocycles. The number of fused-ring (bicyclic) bond motifs is 2. The molecule has 5 unspecified atom stereocenters. The van der Waals surface area contributed by atoms with Crippen LogP contribution < -0.4 is 0 Å². The third kappa shape index (κ3) is 1.06. The van der Waals surface area contributed by atoms with E-state index in [0.29, 0.717) is 11.8 Å². The molecule has 1 N–H and O–H groups in total. The Morgan fingerprint density at radius 2 is 1.90 bits per heavy atom. The van der Waals surface area contributed by atoms with Crippen LogP contribution in [0.2, 0.25) is 0 Å². The van der Waals surface area contributed by atoms with Crippen molar-refractivity contribution in [2.24, 2.45) is 22.7 Å². The summed E-state index contributed by atoms with van der Waals surface area (Å²) in [6.45, 7) is 4.35. The van der Waals surface area contributed by atoms with Crippen LogP contribution in [0.4, 0.5) is 0 Å². The topological polar surface area (TPSA) is 37.3 Å². The summed E-state index contributed by atoms with van der Waals surface area (Å²) in [5, 5.41) is 9.93. The van der Waals surface area contributed by atoms with Crippen LogP contribution >= 0.6 is 0 Å². The van der Waals surface area contributed by atoms with E-state index in [9.17, 15) is 9.90 Å². The third-order valence-corrected chi connectivity index (χ3v) is 7.47. The summed E-state index contributed by atoms with van der Waals surface area (Å²) in [5.41, 5.74) is 2.55. The molecule has 1 spiro atoms. The molecule has 5 rings (SSSR count). The van der Waals surface area contributed by atoms with Gasteiger partial charge in [-0.2, -0.15) is 0 Å². The molecule has 1 aromatic rings. The Kier molecular flexibility index (Phi) is 1.87. The zero-order valence-electron chi connectivity index (χ0n) is 12.1. The summed E-state index contributed by atoms with van der Waals surface area (Å²) in [5.74, 6) is 0.462. The van der Waals surface area contributed by atoms with E-state index in [1.807, 2.05) is 0 Å². The fraction of sp³-hybridized carbons (Fsp3) is 0.526. The Morgan fingerprint density at radius 3 is 2.62 bits per heavy atom. The van der Waals surface area contributed by atoms with Crippen molar-refractivity contribution in [3.8, 4) is 0 Å². The number of carbonyl (C=O) groups is 1. The summed E-state index contributed by atoms with van der Waals surface area (Å²) in [6.07, 6.45) is 4.86. The highest BCUT2D eigenvalue weighted by atomic mass is 16.4. The molecule has 21 heavy (non-hydrogen) atoms. The van der Waals surface area contributed by atoms with Crippen LogP contribution in [-0.2, 0) is 10.2 Å². The average molecular weight is 280 g/mol. The highest BCUT2D eigenvalue weighted by molar-refractivity contribution is 5.77. The number of hydrogen-bond donors (Lipinski definition) is 1. The molecule has 3 bridgehead atoms. The van der Waals surface area contributed by atoms with E-state index in [1.54, 1.807) is 0 Å². The van der Waals surface area contributed by atoms with E-state index < -0.39 is 11.4 Å². The van der Waals surface area contributed by atoms with Gasteiger partial charge in [-0.15, -0.1) is 0 Å². The van der Waals surface area contributed by atoms with Crippen molar-refractivity contribution in [1.29, 1.82) is 0 Å². The van der Waals surface area contributed by atoms with Crippen LogP contribution in [-0.4, -0.2) is 11.1 Å². The summed E-state index contributed by atoms with van der Waals surface area (Å²) < 4.78 is 0. The zero-order valence-corrected chi connectivity index (χ0v) is 12.1. The smallest absolute Gasteiger partial charge is 0.309 e. The molecule has 0 radical (unpaired) electrons. The fourth-order valence-electron chi connectivity index (χ4n) is 6.81. The molecule has 4 aliphatic rings. The zero-order chi connectivity index (χ0) is 14.5. The lowest BCUT2D eigenvalue weighted by atomic mass is 9.44. The van der Waals surface area contributed by atoms with Crippen molar-refractivity contribution in [3.63, 3.8) is 0 Å². The highest BCUT2D eigenvalue weighted by Gasteiger charge is 2.80. The molecule has 1 aromatic carbocycles. The maximum atomic E-state index is 12.1. The van der Waals surface area contributed by atoms with E-state index in [0.717, 1.165) is 25.7 Å². The summed E-state index contributed by atoms with van der Waals surface area (Å²) in [4.78, 5) is 12.1. The summed E-state index contributed by atoms with van der Waals surface area (Å²) >= 11 is 0. The second kappa shape index (κ2) is 3.26. The van der Waals surface area contributed by atoms with Gasteiger partial charge in [-0.25, -0.2) is 0 Å². The number of aliphatic carboxylic acids is 1. The minimum atomic E-state index is -0.565. The van der Waals surface area contributed by atoms with Gasteiger partial charge < -0.3 is 5.11 Å². The van der Waals surface area contributed by atoms with Gasteiger partial charge >= 0.3 is 5.97 Å². The minimum absolute atomic E-state index is 0.103. The van der Waals surface area contributed by atoms with Gasteiger partial charge in [0.05, 0.1) is 5.41 Å². The summed E-state index contributed by atoms with van der Waals surface area (Å²) in [6, 6.07) is 10.7. The third-order valence-electron chi connectivity index (χ3n) is 7.47. The quantitative estimate of drug-likeness (QED) is 0.837. The lowest BCUT2D eigenvalue weighted by Crippen LogP contribution is -2.55. The normalized spacial score (nSPS) is 49.0. The predicted octanol–water partition coefficient (Wildman–Crippen LogP) is 3.78. The number of rotatable bonds is 2. The molecule has 5 atom stereocenters. The SMILES string of the molecule is C=C1C2CC3(C(=O)O)CC4(c5ccccc5)CC1C4(C2)C3. The predicted molar refractivity (Wildman–Crippen MR) is 79.8 cm³/mol. The number of benzene rings is 1. The Labute approximate surface area is 124 Å². The minimum Gasteiger partial charge on any atom is -0.481 e. The van der Waals surface area contributed by atoms with E-state index in [4.69, 9.17) is 0 Å². The van der Waals surface area contributed by atoms with Crippen molar-refractivity contribution in [2.45, 2.75) is 37.5 Å². The molecule has 2 heteroatoms. The first-order chi connectivity index (χ1) is 10.0. The molecule has 4 fully saturated rings. The second-order valence-corrected chi connectivity index (χ2v) is 7.98. The highest BCUT2D eigenvalue weighted by Crippen LogP contribution is 2.85. The lowest BCUT2D eigenvalue weighted by molar-refractivity contribution is -0.151. The Morgan fingerprint density at radius 1 is 1.14 bits per heavy atom. The first kappa shape index (κ1) is 12.0. The molecule has 0 aliphatic heterocycles. The standard InChI is InChI=1S/C19H20O2/c1-12-13-7-17(16(20)21)10-18(14-5-3-2-4-6-14)9-15(12)19(18,8-13)11-17/h2-6,13,15H,1,7-11H2,(H,20,21). The van der Waals surface area contributed by atoms with Crippen LogP contribution in [0.15, 0.2) is 42.5 Å². The number of allylic oxidation sites excluding steroid dienone is 1. The molecule has 0 amide bonds.